The van der Waals surface area contributed by atoms with E-state index in [4.69, 9.17) is 5.11 Å². The van der Waals surface area contributed by atoms with Crippen molar-refractivity contribution in [2.45, 2.75) is 6.43 Å². The molecule has 0 radical (unpaired) electrons. The highest BCUT2D eigenvalue weighted by Crippen LogP contribution is 2.32. The Bertz CT molecular complexity index is 361. The Kier molecular flexibility index (Phi) is 2.50. The van der Waals surface area contributed by atoms with Crippen molar-refractivity contribution in [3.05, 3.63) is 22.0 Å². The Morgan fingerprint density at radius 2 is 2.23 bits per heavy atom. The molecular formula is C7H7F2NO3. The quantitative estimate of drug-likeness (QED) is 0.733. The van der Waals surface area contributed by atoms with Gasteiger partial charge in [0.1, 0.15) is 11.3 Å². The first-order valence-corrected chi connectivity index (χ1v) is 3.34. The maximum Gasteiger partial charge on any atom is 0.272 e. The molecule has 0 aliphatic rings. The molecule has 1 aromatic rings. The van der Waals surface area contributed by atoms with Gasteiger partial charge in [-0.3, -0.25) is 9.78 Å². The average molecular weight is 191 g/mol. The molecule has 72 valence electrons. The Hall–Kier alpha value is -1.59. The number of rotatable bonds is 2. The van der Waals surface area contributed by atoms with Crippen molar-refractivity contribution in [1.82, 2.24) is 4.98 Å². The first-order chi connectivity index (χ1) is 6.06. The third kappa shape index (κ3) is 1.77. The van der Waals surface area contributed by atoms with Crippen LogP contribution in [0, 0.1) is 0 Å². The minimum atomic E-state index is -2.90. The number of halogens is 2. The van der Waals surface area contributed by atoms with Crippen LogP contribution in [0.5, 0.6) is 11.6 Å². The fourth-order valence-corrected chi connectivity index (χ4v) is 0.905. The number of nitrogens with one attached hydrogen (secondary N) is 1. The second-order valence-electron chi connectivity index (χ2n) is 2.27. The average Bonchev–Trinajstić information content (AvgIpc) is 2.01. The highest BCUT2D eigenvalue weighted by atomic mass is 19.3. The van der Waals surface area contributed by atoms with E-state index in [1.165, 1.54) is 0 Å². The number of aromatic amines is 1. The number of pyridine rings is 1. The number of ether oxygens (including phenoxy) is 1. The molecule has 0 unspecified atom stereocenters. The van der Waals surface area contributed by atoms with Crippen LogP contribution in [0.3, 0.4) is 0 Å². The van der Waals surface area contributed by atoms with Crippen LogP contribution in [-0.2, 0) is 0 Å². The van der Waals surface area contributed by atoms with Crippen LogP contribution in [0.2, 0.25) is 0 Å². The lowest BCUT2D eigenvalue weighted by molar-refractivity contribution is 0.141. The summed E-state index contributed by atoms with van der Waals surface area (Å²) in [7, 11) is 1.12. The van der Waals surface area contributed by atoms with Crippen LogP contribution >= 0.6 is 0 Å². The normalized spacial score (nSPS) is 10.5. The molecule has 0 aliphatic carbocycles. The van der Waals surface area contributed by atoms with Gasteiger partial charge in [0, 0.05) is 6.07 Å². The molecule has 0 spiro atoms. The molecule has 0 bridgehead atoms. The summed E-state index contributed by atoms with van der Waals surface area (Å²) in [6.45, 7) is 0. The van der Waals surface area contributed by atoms with Gasteiger partial charge in [-0.25, -0.2) is 8.78 Å². The van der Waals surface area contributed by atoms with E-state index in [9.17, 15) is 13.6 Å². The summed E-state index contributed by atoms with van der Waals surface area (Å²) in [5.41, 5.74) is -1.40. The molecule has 0 amide bonds. The summed E-state index contributed by atoms with van der Waals surface area (Å²) in [5.74, 6) is -1.18. The maximum atomic E-state index is 12.2. The molecule has 0 atom stereocenters. The van der Waals surface area contributed by atoms with Crippen LogP contribution in [-0.4, -0.2) is 17.2 Å². The lowest BCUT2D eigenvalue weighted by Crippen LogP contribution is -2.08. The number of methoxy groups -OCH3 is 1. The molecule has 0 aromatic carbocycles. The third-order valence-electron chi connectivity index (χ3n) is 1.45. The number of hydrogen-bond donors (Lipinski definition) is 2. The van der Waals surface area contributed by atoms with Crippen molar-refractivity contribution in [3.8, 4) is 11.6 Å². The van der Waals surface area contributed by atoms with Gasteiger partial charge in [0.05, 0.1) is 7.11 Å². The zero-order valence-electron chi connectivity index (χ0n) is 6.67. The summed E-state index contributed by atoms with van der Waals surface area (Å²) in [6, 6.07) is 0.671. The molecule has 6 heteroatoms. The monoisotopic (exact) mass is 191 g/mol. The smallest absolute Gasteiger partial charge is 0.272 e. The summed E-state index contributed by atoms with van der Waals surface area (Å²) < 4.78 is 29.0. The summed E-state index contributed by atoms with van der Waals surface area (Å²) >= 11 is 0. The fraction of sp³-hybridized carbons (Fsp3) is 0.286. The first-order valence-electron chi connectivity index (χ1n) is 3.34. The Labute approximate surface area is 71.8 Å². The molecule has 1 aromatic heterocycles. The molecule has 0 saturated heterocycles. The minimum absolute atomic E-state index is 0.417. The number of alkyl halides is 2. The molecule has 1 rings (SSSR count). The number of H-pyrrole nitrogens is 1. The van der Waals surface area contributed by atoms with Gasteiger partial charge in [0.25, 0.3) is 12.0 Å². The Balaban J connectivity index is 3.38. The van der Waals surface area contributed by atoms with E-state index in [0.717, 1.165) is 7.11 Å². The topological polar surface area (TPSA) is 62.3 Å². The standard InChI is InChI=1S/C7H7F2NO3/c1-13-7-5(6(8)9)3(11)2-4(12)10-7/h2,6H,1H3,(H2,10,11,12). The number of hydrogen-bond acceptors (Lipinski definition) is 3. The van der Waals surface area contributed by atoms with Crippen molar-refractivity contribution in [2.75, 3.05) is 7.11 Å². The molecule has 1 heterocycles. The van der Waals surface area contributed by atoms with Crippen LogP contribution in [0.4, 0.5) is 8.78 Å². The van der Waals surface area contributed by atoms with Crippen molar-refractivity contribution >= 4 is 0 Å². The van der Waals surface area contributed by atoms with Crippen LogP contribution in [0.1, 0.15) is 12.0 Å². The first kappa shape index (κ1) is 9.50. The molecule has 0 aliphatic heterocycles. The highest BCUT2D eigenvalue weighted by Gasteiger charge is 2.19. The zero-order valence-corrected chi connectivity index (χ0v) is 6.67. The SMILES string of the molecule is COc1[nH]c(=O)cc(O)c1C(F)F. The van der Waals surface area contributed by atoms with Gasteiger partial charge in [0.15, 0.2) is 0 Å². The van der Waals surface area contributed by atoms with E-state index >= 15 is 0 Å². The Morgan fingerprint density at radius 3 is 2.69 bits per heavy atom. The lowest BCUT2D eigenvalue weighted by Gasteiger charge is -2.07. The molecule has 13 heavy (non-hydrogen) atoms. The molecule has 2 N–H and O–H groups in total. The van der Waals surface area contributed by atoms with E-state index in [-0.39, 0.29) is 0 Å². The number of aromatic nitrogens is 1. The maximum absolute atomic E-state index is 12.2. The van der Waals surface area contributed by atoms with E-state index in [1.807, 2.05) is 4.98 Å². The summed E-state index contributed by atoms with van der Waals surface area (Å²) in [4.78, 5) is 12.7. The zero-order chi connectivity index (χ0) is 10.0. The van der Waals surface area contributed by atoms with Crippen molar-refractivity contribution in [3.63, 3.8) is 0 Å². The largest absolute Gasteiger partial charge is 0.507 e. The van der Waals surface area contributed by atoms with E-state index in [1.54, 1.807) is 0 Å². The molecule has 0 saturated carbocycles. The Morgan fingerprint density at radius 1 is 1.62 bits per heavy atom. The lowest BCUT2D eigenvalue weighted by atomic mass is 10.2. The predicted molar refractivity (Wildman–Crippen MR) is 40.2 cm³/mol. The molecule has 0 fully saturated rings. The van der Waals surface area contributed by atoms with E-state index in [2.05, 4.69) is 4.74 Å². The van der Waals surface area contributed by atoms with Crippen LogP contribution in [0.15, 0.2) is 10.9 Å². The molecular weight excluding hydrogens is 184 g/mol. The van der Waals surface area contributed by atoms with Crippen molar-refractivity contribution < 1.29 is 18.6 Å². The second-order valence-corrected chi connectivity index (χ2v) is 2.27. The van der Waals surface area contributed by atoms with Crippen molar-refractivity contribution in [2.24, 2.45) is 0 Å². The van der Waals surface area contributed by atoms with Crippen molar-refractivity contribution in [1.29, 1.82) is 0 Å². The summed E-state index contributed by atoms with van der Waals surface area (Å²) in [5, 5.41) is 8.99. The summed E-state index contributed by atoms with van der Waals surface area (Å²) in [6.07, 6.45) is -2.90. The minimum Gasteiger partial charge on any atom is -0.507 e. The second kappa shape index (κ2) is 3.42. The van der Waals surface area contributed by atoms with Gasteiger partial charge in [-0.1, -0.05) is 0 Å². The van der Waals surface area contributed by atoms with Crippen LogP contribution in [0.25, 0.3) is 0 Å². The van der Waals surface area contributed by atoms with E-state index in [0.29, 0.717) is 6.07 Å². The van der Waals surface area contributed by atoms with Gasteiger partial charge < -0.3 is 9.84 Å². The fourth-order valence-electron chi connectivity index (χ4n) is 0.905. The van der Waals surface area contributed by atoms with Gasteiger partial charge in [-0.15, -0.1) is 0 Å². The van der Waals surface area contributed by atoms with Gasteiger partial charge in [0.2, 0.25) is 5.88 Å². The van der Waals surface area contributed by atoms with E-state index < -0.39 is 29.2 Å². The van der Waals surface area contributed by atoms with Gasteiger partial charge >= 0.3 is 0 Å². The predicted octanol–water partition coefficient (Wildman–Crippen LogP) is 1.03. The number of aromatic hydroxyl groups is 1. The highest BCUT2D eigenvalue weighted by molar-refractivity contribution is 5.39. The van der Waals surface area contributed by atoms with Gasteiger partial charge in [-0.2, -0.15) is 0 Å². The third-order valence-corrected chi connectivity index (χ3v) is 1.45. The van der Waals surface area contributed by atoms with Gasteiger partial charge in [-0.05, 0) is 0 Å². The van der Waals surface area contributed by atoms with Crippen LogP contribution < -0.4 is 10.3 Å². The molecule has 4 nitrogen and oxygen atoms in total.